The molecule has 0 unspecified atom stereocenters. The summed E-state index contributed by atoms with van der Waals surface area (Å²) >= 11 is 0. The predicted octanol–water partition coefficient (Wildman–Crippen LogP) is 3.32. The number of amides is 1. The van der Waals surface area contributed by atoms with Gasteiger partial charge in [-0.1, -0.05) is 30.3 Å². The highest BCUT2D eigenvalue weighted by molar-refractivity contribution is 6.01. The van der Waals surface area contributed by atoms with E-state index >= 15 is 0 Å². The van der Waals surface area contributed by atoms with Crippen molar-refractivity contribution in [3.05, 3.63) is 89.8 Å². The number of likely N-dealkylation sites (N-methyl/N-ethyl adjacent to an activating group) is 2. The normalized spacial score (nSPS) is 13.6. The molecule has 10 nitrogen and oxygen atoms in total. The number of pyridine rings is 1. The molecule has 5 aromatic rings. The SMILES string of the molecule is CN(C(=O)C=CCN(C)C1CC1)c1cccc(-n2c(=O)n(-c3cnc4ccccc4c3)c3c(N)ncnc32)c1. The second kappa shape index (κ2) is 9.80. The van der Waals surface area contributed by atoms with Crippen molar-refractivity contribution >= 4 is 39.5 Å². The number of benzene rings is 2. The quantitative estimate of drug-likeness (QED) is 0.327. The van der Waals surface area contributed by atoms with Gasteiger partial charge in [-0.05, 0) is 50.2 Å². The smallest absolute Gasteiger partial charge is 0.339 e. The summed E-state index contributed by atoms with van der Waals surface area (Å²) in [6.07, 6.45) is 8.87. The largest absolute Gasteiger partial charge is 0.382 e. The van der Waals surface area contributed by atoms with Crippen LogP contribution in [0, 0.1) is 0 Å². The number of hydrogen-bond acceptors (Lipinski definition) is 7. The number of carbonyl (C=O) groups excluding carboxylic acids is 1. The van der Waals surface area contributed by atoms with Crippen LogP contribution in [0.1, 0.15) is 12.8 Å². The summed E-state index contributed by atoms with van der Waals surface area (Å²) in [6.45, 7) is 0.726. The van der Waals surface area contributed by atoms with E-state index in [4.69, 9.17) is 5.73 Å². The first-order valence-electron chi connectivity index (χ1n) is 12.8. The molecule has 1 saturated carbocycles. The Kier molecular flexibility index (Phi) is 6.16. The number of anilines is 2. The summed E-state index contributed by atoms with van der Waals surface area (Å²) in [4.78, 5) is 43.7. The highest BCUT2D eigenvalue weighted by Gasteiger charge is 2.25. The highest BCUT2D eigenvalue weighted by Crippen LogP contribution is 2.26. The zero-order chi connectivity index (χ0) is 27.1. The topological polar surface area (TPSA) is 115 Å². The van der Waals surface area contributed by atoms with Gasteiger partial charge in [0.2, 0.25) is 5.91 Å². The molecule has 1 amide bonds. The van der Waals surface area contributed by atoms with Crippen LogP contribution in [0.15, 0.2) is 84.1 Å². The van der Waals surface area contributed by atoms with Crippen LogP contribution in [-0.2, 0) is 4.79 Å². The molecule has 0 atom stereocenters. The lowest BCUT2D eigenvalue weighted by molar-refractivity contribution is -0.113. The van der Waals surface area contributed by atoms with E-state index in [0.29, 0.717) is 34.3 Å². The summed E-state index contributed by atoms with van der Waals surface area (Å²) in [5.41, 5.74) is 9.19. The van der Waals surface area contributed by atoms with Crippen molar-refractivity contribution in [2.24, 2.45) is 0 Å². The maximum absolute atomic E-state index is 13.9. The molecule has 1 aliphatic carbocycles. The molecule has 3 heterocycles. The Morgan fingerprint density at radius 3 is 2.67 bits per heavy atom. The highest BCUT2D eigenvalue weighted by atomic mass is 16.2. The van der Waals surface area contributed by atoms with Crippen molar-refractivity contribution in [3.63, 3.8) is 0 Å². The molecule has 1 aliphatic rings. The second-order valence-corrected chi connectivity index (χ2v) is 9.76. The van der Waals surface area contributed by atoms with Crippen molar-refractivity contribution in [1.82, 2.24) is 29.0 Å². The number of nitrogens with two attached hydrogens (primary N) is 1. The number of fused-ring (bicyclic) bond motifs is 2. The Morgan fingerprint density at radius 1 is 1.03 bits per heavy atom. The maximum atomic E-state index is 13.9. The third kappa shape index (κ3) is 4.55. The molecule has 2 aromatic carbocycles. The molecule has 0 saturated heterocycles. The summed E-state index contributed by atoms with van der Waals surface area (Å²) < 4.78 is 2.95. The standard InChI is InChI=1S/C29H28N8O2/c1-34(20-12-13-20)14-6-11-25(38)35(2)21-8-5-9-22(16-21)37-28-26(27(30)32-18-33-28)36(29(37)39)23-15-19-7-3-4-10-24(19)31-17-23/h3-11,15-18,20H,12-14H2,1-2H3,(H2,30,32,33). The third-order valence-corrected chi connectivity index (χ3v) is 7.11. The van der Waals surface area contributed by atoms with Gasteiger partial charge in [0.1, 0.15) is 11.8 Å². The predicted molar refractivity (Wildman–Crippen MR) is 152 cm³/mol. The van der Waals surface area contributed by atoms with Gasteiger partial charge in [-0.15, -0.1) is 0 Å². The van der Waals surface area contributed by atoms with Gasteiger partial charge < -0.3 is 10.6 Å². The summed E-state index contributed by atoms with van der Waals surface area (Å²) in [5.74, 6) is 0.0219. The van der Waals surface area contributed by atoms with E-state index in [0.717, 1.165) is 17.4 Å². The monoisotopic (exact) mass is 520 g/mol. The Hall–Kier alpha value is -4.83. The third-order valence-electron chi connectivity index (χ3n) is 7.11. The molecular weight excluding hydrogens is 492 g/mol. The van der Waals surface area contributed by atoms with E-state index in [1.54, 1.807) is 42.4 Å². The number of nitrogens with zero attached hydrogens (tertiary/aromatic N) is 7. The molecule has 10 heteroatoms. The van der Waals surface area contributed by atoms with E-state index in [9.17, 15) is 9.59 Å². The minimum Gasteiger partial charge on any atom is -0.382 e. The first-order chi connectivity index (χ1) is 18.9. The first-order valence-corrected chi connectivity index (χ1v) is 12.8. The molecule has 6 rings (SSSR count). The van der Waals surface area contributed by atoms with Gasteiger partial charge in [-0.3, -0.25) is 19.2 Å². The van der Waals surface area contributed by atoms with Crippen molar-refractivity contribution in [2.45, 2.75) is 18.9 Å². The summed E-state index contributed by atoms with van der Waals surface area (Å²) in [7, 11) is 3.78. The number of imidazole rings is 1. The number of para-hydroxylation sites is 1. The lowest BCUT2D eigenvalue weighted by Crippen LogP contribution is -2.26. The van der Waals surface area contributed by atoms with E-state index < -0.39 is 0 Å². The minimum absolute atomic E-state index is 0.153. The van der Waals surface area contributed by atoms with E-state index in [-0.39, 0.29) is 17.4 Å². The fraction of sp³-hybridized carbons (Fsp3) is 0.207. The molecular formula is C29H28N8O2. The molecule has 0 aliphatic heterocycles. The van der Waals surface area contributed by atoms with Crippen LogP contribution < -0.4 is 16.3 Å². The van der Waals surface area contributed by atoms with Crippen LogP contribution >= 0.6 is 0 Å². The average Bonchev–Trinajstić information content (AvgIpc) is 3.76. The lowest BCUT2D eigenvalue weighted by Gasteiger charge is -2.17. The molecule has 0 radical (unpaired) electrons. The van der Waals surface area contributed by atoms with Crippen LogP contribution in [0.4, 0.5) is 11.5 Å². The number of aromatic nitrogens is 5. The van der Waals surface area contributed by atoms with Gasteiger partial charge in [0.25, 0.3) is 0 Å². The van der Waals surface area contributed by atoms with Crippen molar-refractivity contribution < 1.29 is 4.79 Å². The molecule has 39 heavy (non-hydrogen) atoms. The van der Waals surface area contributed by atoms with Crippen LogP contribution in [0.5, 0.6) is 0 Å². The number of carbonyl (C=O) groups is 1. The van der Waals surface area contributed by atoms with E-state index in [1.807, 2.05) is 42.5 Å². The Bertz CT molecular complexity index is 1800. The Morgan fingerprint density at radius 2 is 1.85 bits per heavy atom. The van der Waals surface area contributed by atoms with Crippen LogP contribution in [0.3, 0.4) is 0 Å². The Balaban J connectivity index is 1.40. The Labute approximate surface area is 224 Å². The van der Waals surface area contributed by atoms with Gasteiger partial charge in [0.15, 0.2) is 11.5 Å². The minimum atomic E-state index is -0.372. The molecule has 0 bridgehead atoms. The number of rotatable bonds is 7. The van der Waals surface area contributed by atoms with Crippen LogP contribution in [0.25, 0.3) is 33.4 Å². The fourth-order valence-corrected chi connectivity index (χ4v) is 4.76. The van der Waals surface area contributed by atoms with Crippen molar-refractivity contribution in [3.8, 4) is 11.4 Å². The second-order valence-electron chi connectivity index (χ2n) is 9.76. The van der Waals surface area contributed by atoms with Crippen molar-refractivity contribution in [2.75, 3.05) is 31.3 Å². The first kappa shape index (κ1) is 24.5. The van der Waals surface area contributed by atoms with E-state index in [1.165, 1.54) is 28.3 Å². The van der Waals surface area contributed by atoms with Gasteiger partial charge in [0, 0.05) is 36.8 Å². The van der Waals surface area contributed by atoms with Gasteiger partial charge in [-0.2, -0.15) is 0 Å². The number of nitrogen functional groups attached to an aromatic ring is 1. The zero-order valence-electron chi connectivity index (χ0n) is 21.7. The molecule has 1 fully saturated rings. The van der Waals surface area contributed by atoms with Crippen LogP contribution in [0.2, 0.25) is 0 Å². The summed E-state index contributed by atoms with van der Waals surface area (Å²) in [6, 6.07) is 17.4. The molecule has 196 valence electrons. The van der Waals surface area contributed by atoms with Crippen LogP contribution in [-0.4, -0.2) is 61.6 Å². The van der Waals surface area contributed by atoms with E-state index in [2.05, 4.69) is 26.9 Å². The zero-order valence-corrected chi connectivity index (χ0v) is 21.7. The van der Waals surface area contributed by atoms with Gasteiger partial charge in [-0.25, -0.2) is 19.3 Å². The maximum Gasteiger partial charge on any atom is 0.339 e. The molecule has 0 spiro atoms. The fourth-order valence-electron chi connectivity index (χ4n) is 4.76. The molecule has 3 aromatic heterocycles. The van der Waals surface area contributed by atoms with Gasteiger partial charge >= 0.3 is 5.69 Å². The number of hydrogen-bond donors (Lipinski definition) is 1. The lowest BCUT2D eigenvalue weighted by atomic mass is 10.2. The van der Waals surface area contributed by atoms with Gasteiger partial charge in [0.05, 0.1) is 23.1 Å². The molecule has 2 N–H and O–H groups in total. The summed E-state index contributed by atoms with van der Waals surface area (Å²) in [5, 5.41) is 0.886. The average molecular weight is 521 g/mol. The van der Waals surface area contributed by atoms with Crippen molar-refractivity contribution in [1.29, 1.82) is 0 Å².